The van der Waals surface area contributed by atoms with Gasteiger partial charge in [0.05, 0.1) is 21.1 Å². The van der Waals surface area contributed by atoms with Crippen LogP contribution in [0.5, 0.6) is 0 Å². The van der Waals surface area contributed by atoms with Gasteiger partial charge in [-0.2, -0.15) is 13.2 Å². The largest absolute Gasteiger partial charge is 0.418 e. The summed E-state index contributed by atoms with van der Waals surface area (Å²) in [5, 5.41) is 5.78. The second-order valence-electron chi connectivity index (χ2n) is 6.92. The Kier molecular flexibility index (Phi) is 6.58. The third kappa shape index (κ3) is 5.76. The van der Waals surface area contributed by atoms with Crippen molar-refractivity contribution in [2.75, 3.05) is 10.6 Å². The van der Waals surface area contributed by atoms with E-state index in [2.05, 4.69) is 10.6 Å². The topological polar surface area (TPSA) is 58.2 Å². The minimum Gasteiger partial charge on any atom is -0.321 e. The number of nitrogens with one attached hydrogen (secondary N) is 2. The van der Waals surface area contributed by atoms with Gasteiger partial charge in [0.1, 0.15) is 0 Å². The monoisotopic (exact) mass is 442 g/mol. The van der Waals surface area contributed by atoms with Crippen molar-refractivity contribution in [3.05, 3.63) is 40.8 Å². The van der Waals surface area contributed by atoms with Crippen LogP contribution >= 0.6 is 23.1 Å². The molecule has 0 spiro atoms. The molecule has 2 amide bonds. The van der Waals surface area contributed by atoms with Crippen LogP contribution in [0, 0.1) is 5.92 Å². The number of rotatable bonds is 7. The number of carbonyl (C=O) groups excluding carboxylic acids is 2. The molecule has 1 aromatic carbocycles. The highest BCUT2D eigenvalue weighted by molar-refractivity contribution is 7.99. The van der Waals surface area contributed by atoms with Gasteiger partial charge >= 0.3 is 6.18 Å². The van der Waals surface area contributed by atoms with Crippen LogP contribution in [0.4, 0.5) is 23.9 Å². The molecule has 1 aliphatic carbocycles. The summed E-state index contributed by atoms with van der Waals surface area (Å²) in [4.78, 5) is 25.0. The van der Waals surface area contributed by atoms with E-state index in [0.29, 0.717) is 9.90 Å². The zero-order chi connectivity index (χ0) is 21.2. The van der Waals surface area contributed by atoms with Gasteiger partial charge in [0.15, 0.2) is 0 Å². The van der Waals surface area contributed by atoms with Crippen LogP contribution < -0.4 is 10.6 Å². The third-order valence-corrected chi connectivity index (χ3v) is 6.74. The van der Waals surface area contributed by atoms with Gasteiger partial charge in [0.2, 0.25) is 5.91 Å². The van der Waals surface area contributed by atoms with Gasteiger partial charge in [-0.05, 0) is 49.6 Å². The molecule has 29 heavy (non-hydrogen) atoms. The van der Waals surface area contributed by atoms with Crippen LogP contribution in [-0.4, -0.2) is 17.1 Å². The van der Waals surface area contributed by atoms with Gasteiger partial charge in [-0.3, -0.25) is 9.59 Å². The van der Waals surface area contributed by atoms with Crippen LogP contribution in [0.3, 0.4) is 0 Å². The lowest BCUT2D eigenvalue weighted by Crippen LogP contribution is -2.16. The minimum atomic E-state index is -4.59. The van der Waals surface area contributed by atoms with Gasteiger partial charge in [-0.25, -0.2) is 0 Å². The second-order valence-corrected chi connectivity index (χ2v) is 9.52. The average molecular weight is 443 g/mol. The lowest BCUT2D eigenvalue weighted by Gasteiger charge is -2.16. The first-order valence-electron chi connectivity index (χ1n) is 9.27. The van der Waals surface area contributed by atoms with Crippen LogP contribution in [0.25, 0.3) is 0 Å². The fraction of sp³-hybridized carbons (Fsp3) is 0.400. The first-order chi connectivity index (χ1) is 13.7. The fourth-order valence-electron chi connectivity index (χ4n) is 2.54. The van der Waals surface area contributed by atoms with Crippen LogP contribution in [0.2, 0.25) is 0 Å². The van der Waals surface area contributed by atoms with Crippen LogP contribution in [0.15, 0.2) is 35.2 Å². The SMILES string of the molecule is CCC(C)Sc1ccc(NC(=O)c2ccc(NC(=O)C3CC3)s2)c(C(F)(F)F)c1. The number of thioether (sulfide) groups is 1. The summed E-state index contributed by atoms with van der Waals surface area (Å²) < 4.78 is 40.6. The van der Waals surface area contributed by atoms with Gasteiger partial charge < -0.3 is 10.6 Å². The number of anilines is 2. The first-order valence-corrected chi connectivity index (χ1v) is 11.0. The molecule has 1 aliphatic rings. The van der Waals surface area contributed by atoms with Crippen molar-refractivity contribution in [2.24, 2.45) is 5.92 Å². The maximum atomic E-state index is 13.5. The minimum absolute atomic E-state index is 0.0236. The Morgan fingerprint density at radius 1 is 1.21 bits per heavy atom. The summed E-state index contributed by atoms with van der Waals surface area (Å²) in [6.45, 7) is 3.92. The third-order valence-electron chi connectivity index (χ3n) is 4.48. The highest BCUT2D eigenvalue weighted by Crippen LogP contribution is 2.39. The van der Waals surface area contributed by atoms with Crippen LogP contribution in [-0.2, 0) is 11.0 Å². The molecule has 1 fully saturated rings. The predicted octanol–water partition coefficient (Wildman–Crippen LogP) is 6.26. The van der Waals surface area contributed by atoms with E-state index < -0.39 is 17.6 Å². The molecule has 1 aromatic heterocycles. The summed E-state index contributed by atoms with van der Waals surface area (Å²) in [6.07, 6.45) is -2.04. The number of amides is 2. The number of hydrogen-bond acceptors (Lipinski definition) is 4. The van der Waals surface area contributed by atoms with Gasteiger partial charge in [-0.1, -0.05) is 13.8 Å². The Morgan fingerprint density at radius 2 is 1.93 bits per heavy atom. The molecule has 156 valence electrons. The molecular weight excluding hydrogens is 421 g/mol. The second kappa shape index (κ2) is 8.79. The highest BCUT2D eigenvalue weighted by atomic mass is 32.2. The molecule has 1 saturated carbocycles. The van der Waals surface area contributed by atoms with Crippen molar-refractivity contribution >= 4 is 45.6 Å². The molecule has 9 heteroatoms. The number of benzene rings is 1. The molecule has 4 nitrogen and oxygen atoms in total. The lowest BCUT2D eigenvalue weighted by molar-refractivity contribution is -0.137. The molecule has 2 aromatic rings. The van der Waals surface area contributed by atoms with E-state index in [-0.39, 0.29) is 27.6 Å². The summed E-state index contributed by atoms with van der Waals surface area (Å²) in [6, 6.07) is 7.01. The van der Waals surface area contributed by atoms with E-state index in [1.807, 2.05) is 13.8 Å². The molecule has 0 bridgehead atoms. The number of hydrogen-bond donors (Lipinski definition) is 2. The molecular formula is C20H21F3N2O2S2. The van der Waals surface area contributed by atoms with Crippen LogP contribution in [0.1, 0.15) is 48.3 Å². The Hall–Kier alpha value is -2.00. The van der Waals surface area contributed by atoms with Crippen molar-refractivity contribution in [2.45, 2.75) is 49.4 Å². The van der Waals surface area contributed by atoms with E-state index in [4.69, 9.17) is 0 Å². The van der Waals surface area contributed by atoms with Gasteiger partial charge in [-0.15, -0.1) is 23.1 Å². The summed E-state index contributed by atoms with van der Waals surface area (Å²) in [7, 11) is 0. The molecule has 1 unspecified atom stereocenters. The van der Waals surface area contributed by atoms with Crippen molar-refractivity contribution in [1.29, 1.82) is 0 Å². The first kappa shape index (κ1) is 21.7. The van der Waals surface area contributed by atoms with E-state index in [1.165, 1.54) is 23.9 Å². The smallest absolute Gasteiger partial charge is 0.321 e. The zero-order valence-corrected chi connectivity index (χ0v) is 17.6. The molecule has 1 heterocycles. The number of alkyl halides is 3. The molecule has 1 atom stereocenters. The van der Waals surface area contributed by atoms with Crippen molar-refractivity contribution < 1.29 is 22.8 Å². The van der Waals surface area contributed by atoms with E-state index in [0.717, 1.165) is 36.7 Å². The molecule has 2 N–H and O–H groups in total. The summed E-state index contributed by atoms with van der Waals surface area (Å²) in [5.41, 5.74) is -1.16. The van der Waals surface area contributed by atoms with E-state index in [1.54, 1.807) is 12.1 Å². The van der Waals surface area contributed by atoms with Gasteiger partial charge in [0.25, 0.3) is 5.91 Å². The van der Waals surface area contributed by atoms with E-state index in [9.17, 15) is 22.8 Å². The van der Waals surface area contributed by atoms with Crippen molar-refractivity contribution in [1.82, 2.24) is 0 Å². The maximum Gasteiger partial charge on any atom is 0.418 e. The Balaban J connectivity index is 1.75. The summed E-state index contributed by atoms with van der Waals surface area (Å²) >= 11 is 2.40. The predicted molar refractivity (Wildman–Crippen MR) is 111 cm³/mol. The Labute approximate surface area is 175 Å². The Morgan fingerprint density at radius 3 is 2.55 bits per heavy atom. The number of halogens is 3. The zero-order valence-electron chi connectivity index (χ0n) is 15.9. The molecule has 3 rings (SSSR count). The number of thiophene rings is 1. The maximum absolute atomic E-state index is 13.5. The highest BCUT2D eigenvalue weighted by Gasteiger charge is 2.35. The average Bonchev–Trinajstić information content (AvgIpc) is 3.41. The standard InChI is InChI=1S/C20H21F3N2O2S2/c1-3-11(2)28-13-6-7-15(14(10-13)20(21,22)23)24-19(27)16-8-9-17(29-16)25-18(26)12-4-5-12/h6-12H,3-5H2,1-2H3,(H,24,27)(H,25,26). The van der Waals surface area contributed by atoms with E-state index >= 15 is 0 Å². The Bertz CT molecular complexity index is 907. The molecule has 0 aliphatic heterocycles. The summed E-state index contributed by atoms with van der Waals surface area (Å²) in [5.74, 6) is -0.710. The lowest BCUT2D eigenvalue weighted by atomic mass is 10.1. The van der Waals surface area contributed by atoms with Crippen molar-refractivity contribution in [3.8, 4) is 0 Å². The number of carbonyl (C=O) groups is 2. The van der Waals surface area contributed by atoms with Gasteiger partial charge in [0, 0.05) is 16.1 Å². The molecule has 0 radical (unpaired) electrons. The fourth-order valence-corrected chi connectivity index (χ4v) is 4.30. The quantitative estimate of drug-likeness (QED) is 0.498. The van der Waals surface area contributed by atoms with Crippen molar-refractivity contribution in [3.63, 3.8) is 0 Å². The normalized spacial score (nSPS) is 15.1. The molecule has 0 saturated heterocycles.